The molecule has 0 aliphatic heterocycles. The van der Waals surface area contributed by atoms with Gasteiger partial charge in [0.15, 0.2) is 0 Å². The molecule has 0 atom stereocenters. The lowest BCUT2D eigenvalue weighted by Crippen LogP contribution is -2.34. The van der Waals surface area contributed by atoms with Crippen LogP contribution >= 0.6 is 0 Å². The molecular formula is C11H18N4O2. The second-order valence-corrected chi connectivity index (χ2v) is 3.92. The first-order chi connectivity index (χ1) is 8.00. The molecule has 3 N–H and O–H groups in total. The first-order valence-corrected chi connectivity index (χ1v) is 5.52. The normalized spacial score (nSPS) is 10.1. The Morgan fingerprint density at radius 2 is 1.88 bits per heavy atom. The van der Waals surface area contributed by atoms with Crippen molar-refractivity contribution in [2.75, 3.05) is 13.1 Å². The summed E-state index contributed by atoms with van der Waals surface area (Å²) in [6.45, 7) is 6.09. The van der Waals surface area contributed by atoms with Gasteiger partial charge in [-0.3, -0.25) is 14.7 Å². The number of carbonyl (C=O) groups is 2. The van der Waals surface area contributed by atoms with Crippen molar-refractivity contribution < 1.29 is 9.59 Å². The van der Waals surface area contributed by atoms with E-state index in [2.05, 4.69) is 20.8 Å². The van der Waals surface area contributed by atoms with Gasteiger partial charge in [0.05, 0.1) is 12.1 Å². The highest BCUT2D eigenvalue weighted by Gasteiger charge is 2.10. The summed E-state index contributed by atoms with van der Waals surface area (Å²) in [5.41, 5.74) is 2.70. The molecule has 1 rings (SSSR count). The van der Waals surface area contributed by atoms with Crippen LogP contribution in [0, 0.1) is 13.8 Å². The van der Waals surface area contributed by atoms with Crippen LogP contribution in [0.4, 0.5) is 0 Å². The molecule has 94 valence electrons. The third-order valence-electron chi connectivity index (χ3n) is 2.44. The van der Waals surface area contributed by atoms with Gasteiger partial charge in [-0.2, -0.15) is 5.10 Å². The molecule has 6 heteroatoms. The average molecular weight is 238 g/mol. The molecule has 0 saturated carbocycles. The number of aromatic nitrogens is 2. The second kappa shape index (κ2) is 6.03. The Labute approximate surface area is 100 Å². The highest BCUT2D eigenvalue weighted by Crippen LogP contribution is 2.09. The van der Waals surface area contributed by atoms with E-state index >= 15 is 0 Å². The zero-order valence-electron chi connectivity index (χ0n) is 10.4. The lowest BCUT2D eigenvalue weighted by atomic mass is 10.1. The van der Waals surface area contributed by atoms with Gasteiger partial charge in [0.25, 0.3) is 0 Å². The Hall–Kier alpha value is -1.85. The lowest BCUT2D eigenvalue weighted by Gasteiger charge is -2.05. The van der Waals surface area contributed by atoms with E-state index in [0.717, 1.165) is 17.0 Å². The number of aromatic amines is 1. The minimum atomic E-state index is -0.0965. The maximum Gasteiger partial charge on any atom is 0.224 e. The van der Waals surface area contributed by atoms with E-state index in [1.54, 1.807) is 0 Å². The summed E-state index contributed by atoms with van der Waals surface area (Å²) >= 11 is 0. The van der Waals surface area contributed by atoms with Crippen molar-refractivity contribution in [3.8, 4) is 0 Å². The smallest absolute Gasteiger partial charge is 0.224 e. The van der Waals surface area contributed by atoms with E-state index in [4.69, 9.17) is 0 Å². The Balaban J connectivity index is 2.33. The van der Waals surface area contributed by atoms with Crippen LogP contribution in [0.1, 0.15) is 23.9 Å². The molecule has 0 aliphatic rings. The molecular weight excluding hydrogens is 220 g/mol. The van der Waals surface area contributed by atoms with E-state index in [0.29, 0.717) is 19.5 Å². The fraction of sp³-hybridized carbons (Fsp3) is 0.545. The van der Waals surface area contributed by atoms with Gasteiger partial charge in [0.2, 0.25) is 11.8 Å². The van der Waals surface area contributed by atoms with Gasteiger partial charge >= 0.3 is 0 Å². The summed E-state index contributed by atoms with van der Waals surface area (Å²) in [4.78, 5) is 22.2. The minimum Gasteiger partial charge on any atom is -0.355 e. The fourth-order valence-corrected chi connectivity index (χ4v) is 1.50. The third-order valence-corrected chi connectivity index (χ3v) is 2.44. The maximum atomic E-state index is 11.6. The molecule has 0 radical (unpaired) electrons. The number of hydrogen-bond donors (Lipinski definition) is 3. The SMILES string of the molecule is CC(=O)NCCNC(=O)Cc1c(C)n[nH]c1C. The summed E-state index contributed by atoms with van der Waals surface area (Å²) in [6.07, 6.45) is 0.314. The Bertz CT molecular complexity index is 392. The molecule has 0 aliphatic carbocycles. The number of carbonyl (C=O) groups excluding carboxylic acids is 2. The van der Waals surface area contributed by atoms with E-state index in [1.807, 2.05) is 13.8 Å². The summed E-state index contributed by atoms with van der Waals surface area (Å²) < 4.78 is 0. The molecule has 1 heterocycles. The van der Waals surface area contributed by atoms with E-state index < -0.39 is 0 Å². The number of hydrogen-bond acceptors (Lipinski definition) is 3. The summed E-state index contributed by atoms with van der Waals surface area (Å²) in [6, 6.07) is 0. The van der Waals surface area contributed by atoms with Crippen molar-refractivity contribution in [3.05, 3.63) is 17.0 Å². The Kier molecular flexibility index (Phi) is 4.68. The second-order valence-electron chi connectivity index (χ2n) is 3.92. The standard InChI is InChI=1S/C11H18N4O2/c1-7-10(8(2)15-14-7)6-11(17)13-5-4-12-9(3)16/h4-6H2,1-3H3,(H,12,16)(H,13,17)(H,14,15). The average Bonchev–Trinajstić information content (AvgIpc) is 2.56. The van der Waals surface area contributed by atoms with Crippen molar-refractivity contribution in [1.29, 1.82) is 0 Å². The van der Waals surface area contributed by atoms with Crippen molar-refractivity contribution in [3.63, 3.8) is 0 Å². The zero-order valence-corrected chi connectivity index (χ0v) is 10.4. The van der Waals surface area contributed by atoms with Crippen molar-refractivity contribution in [1.82, 2.24) is 20.8 Å². The predicted molar refractivity (Wildman–Crippen MR) is 63.5 cm³/mol. The van der Waals surface area contributed by atoms with Gasteiger partial charge in [-0.05, 0) is 13.8 Å². The van der Waals surface area contributed by atoms with Crippen molar-refractivity contribution in [2.45, 2.75) is 27.2 Å². The molecule has 1 aromatic rings. The molecule has 0 fully saturated rings. The molecule has 1 aromatic heterocycles. The molecule has 0 bridgehead atoms. The number of rotatable bonds is 5. The van der Waals surface area contributed by atoms with Gasteiger partial charge in [-0.1, -0.05) is 0 Å². The fourth-order valence-electron chi connectivity index (χ4n) is 1.50. The summed E-state index contributed by atoms with van der Waals surface area (Å²) in [5, 5.41) is 12.2. The van der Waals surface area contributed by atoms with Gasteiger partial charge in [0, 0.05) is 31.3 Å². The van der Waals surface area contributed by atoms with Gasteiger partial charge < -0.3 is 10.6 Å². The minimum absolute atomic E-state index is 0.0667. The summed E-state index contributed by atoms with van der Waals surface area (Å²) in [7, 11) is 0. The maximum absolute atomic E-state index is 11.6. The molecule has 6 nitrogen and oxygen atoms in total. The molecule has 0 spiro atoms. The van der Waals surface area contributed by atoms with E-state index in [1.165, 1.54) is 6.92 Å². The van der Waals surface area contributed by atoms with Crippen LogP contribution in [-0.4, -0.2) is 35.1 Å². The van der Waals surface area contributed by atoms with Crippen molar-refractivity contribution >= 4 is 11.8 Å². The number of amides is 2. The van der Waals surface area contributed by atoms with Crippen LogP contribution in [0.2, 0.25) is 0 Å². The number of aryl methyl sites for hydroxylation is 2. The Morgan fingerprint density at radius 1 is 1.24 bits per heavy atom. The van der Waals surface area contributed by atoms with Gasteiger partial charge in [0.1, 0.15) is 0 Å². The van der Waals surface area contributed by atoms with E-state index in [-0.39, 0.29) is 11.8 Å². The van der Waals surface area contributed by atoms with Gasteiger partial charge in [-0.15, -0.1) is 0 Å². The largest absolute Gasteiger partial charge is 0.355 e. The quantitative estimate of drug-likeness (QED) is 0.622. The molecule has 0 saturated heterocycles. The van der Waals surface area contributed by atoms with Crippen LogP contribution in [0.15, 0.2) is 0 Å². The third kappa shape index (κ3) is 4.26. The molecule has 0 unspecified atom stereocenters. The molecule has 0 aromatic carbocycles. The lowest BCUT2D eigenvalue weighted by molar-refractivity contribution is -0.121. The molecule has 2 amide bonds. The summed E-state index contributed by atoms with van der Waals surface area (Å²) in [5.74, 6) is -0.163. The zero-order chi connectivity index (χ0) is 12.8. The predicted octanol–water partition coefficient (Wildman–Crippen LogP) is -0.179. The highest BCUT2D eigenvalue weighted by molar-refractivity contribution is 5.79. The van der Waals surface area contributed by atoms with Crippen LogP contribution in [-0.2, 0) is 16.0 Å². The van der Waals surface area contributed by atoms with E-state index in [9.17, 15) is 9.59 Å². The van der Waals surface area contributed by atoms with Crippen molar-refractivity contribution in [2.24, 2.45) is 0 Å². The van der Waals surface area contributed by atoms with Crippen LogP contribution in [0.5, 0.6) is 0 Å². The topological polar surface area (TPSA) is 86.9 Å². The number of H-pyrrole nitrogens is 1. The van der Waals surface area contributed by atoms with Crippen LogP contribution in [0.3, 0.4) is 0 Å². The van der Waals surface area contributed by atoms with Gasteiger partial charge in [-0.25, -0.2) is 0 Å². The highest BCUT2D eigenvalue weighted by atomic mass is 16.2. The monoisotopic (exact) mass is 238 g/mol. The molecule has 17 heavy (non-hydrogen) atoms. The first kappa shape index (κ1) is 13.2. The number of nitrogens with zero attached hydrogens (tertiary/aromatic N) is 1. The Morgan fingerprint density at radius 3 is 2.41 bits per heavy atom. The first-order valence-electron chi connectivity index (χ1n) is 5.52. The number of nitrogens with one attached hydrogen (secondary N) is 3. The van der Waals surface area contributed by atoms with Crippen LogP contribution < -0.4 is 10.6 Å². The van der Waals surface area contributed by atoms with Crippen LogP contribution in [0.25, 0.3) is 0 Å².